The summed E-state index contributed by atoms with van der Waals surface area (Å²) in [5.74, 6) is 1.15. The molecular weight excluding hydrogens is 302 g/mol. The molecule has 1 unspecified atom stereocenters. The predicted molar refractivity (Wildman–Crippen MR) is 85.9 cm³/mol. The molecule has 0 saturated carbocycles. The average Bonchev–Trinajstić information content (AvgIpc) is 2.57. The summed E-state index contributed by atoms with van der Waals surface area (Å²) >= 11 is 0. The molecule has 2 N–H and O–H groups in total. The second-order valence-corrected chi connectivity index (χ2v) is 4.85. The Labute approximate surface area is 135 Å². The van der Waals surface area contributed by atoms with E-state index in [1.54, 1.807) is 25.3 Å². The Morgan fingerprint density at radius 1 is 1.22 bits per heavy atom. The minimum absolute atomic E-state index is 0.0505. The van der Waals surface area contributed by atoms with Crippen molar-refractivity contribution in [2.45, 2.75) is 6.10 Å². The van der Waals surface area contributed by atoms with Crippen molar-refractivity contribution in [3.63, 3.8) is 0 Å². The normalized spacial score (nSPS) is 12.1. The standard InChI is InChI=1S/C16H23NO6/c1-17(9-12(19)10-18)15(20)6-5-11-7-13(21-2)16(23-4)14(8-11)22-3/h5-8,12,18-19H,9-10H2,1-4H3. The Hall–Kier alpha value is -2.25. The van der Waals surface area contributed by atoms with Crippen LogP contribution < -0.4 is 14.2 Å². The Balaban J connectivity index is 2.93. The number of rotatable bonds is 8. The number of carbonyl (C=O) groups excluding carboxylic acids is 1. The van der Waals surface area contributed by atoms with Crippen LogP contribution in [-0.4, -0.2) is 68.7 Å². The zero-order valence-corrected chi connectivity index (χ0v) is 13.8. The number of hydrogen-bond donors (Lipinski definition) is 2. The molecule has 0 aliphatic carbocycles. The van der Waals surface area contributed by atoms with Crippen LogP contribution in [0.5, 0.6) is 17.2 Å². The van der Waals surface area contributed by atoms with Gasteiger partial charge in [-0.25, -0.2) is 0 Å². The molecule has 23 heavy (non-hydrogen) atoms. The van der Waals surface area contributed by atoms with Gasteiger partial charge in [0.1, 0.15) is 0 Å². The first kappa shape index (κ1) is 18.8. The van der Waals surface area contributed by atoms with E-state index in [2.05, 4.69) is 0 Å². The Morgan fingerprint density at radius 2 is 1.78 bits per heavy atom. The molecule has 0 aliphatic heterocycles. The van der Waals surface area contributed by atoms with Crippen molar-refractivity contribution in [1.29, 1.82) is 0 Å². The largest absolute Gasteiger partial charge is 0.493 e. The molecule has 0 aromatic heterocycles. The van der Waals surface area contributed by atoms with Gasteiger partial charge in [0.05, 0.1) is 34.0 Å². The van der Waals surface area contributed by atoms with Crippen LogP contribution >= 0.6 is 0 Å². The van der Waals surface area contributed by atoms with E-state index in [1.807, 2.05) is 0 Å². The van der Waals surface area contributed by atoms with Gasteiger partial charge in [-0.3, -0.25) is 4.79 Å². The van der Waals surface area contributed by atoms with Gasteiger partial charge in [-0.05, 0) is 23.8 Å². The first-order chi connectivity index (χ1) is 11.0. The van der Waals surface area contributed by atoms with Crippen molar-refractivity contribution in [2.24, 2.45) is 0 Å². The number of likely N-dealkylation sites (N-methyl/N-ethyl adjacent to an activating group) is 1. The zero-order valence-electron chi connectivity index (χ0n) is 13.8. The quantitative estimate of drug-likeness (QED) is 0.678. The molecule has 1 atom stereocenters. The minimum Gasteiger partial charge on any atom is -0.493 e. The Bertz CT molecular complexity index is 532. The summed E-state index contributed by atoms with van der Waals surface area (Å²) in [6.07, 6.45) is 2.01. The lowest BCUT2D eigenvalue weighted by Crippen LogP contribution is -2.34. The lowest BCUT2D eigenvalue weighted by atomic mass is 10.1. The molecule has 0 fully saturated rings. The number of hydrogen-bond acceptors (Lipinski definition) is 6. The molecule has 0 saturated heterocycles. The molecule has 1 rings (SSSR count). The van der Waals surface area contributed by atoms with E-state index in [-0.39, 0.29) is 12.5 Å². The van der Waals surface area contributed by atoms with E-state index >= 15 is 0 Å². The lowest BCUT2D eigenvalue weighted by molar-refractivity contribution is -0.126. The van der Waals surface area contributed by atoms with Gasteiger partial charge in [0.2, 0.25) is 11.7 Å². The number of aliphatic hydroxyl groups is 2. The lowest BCUT2D eigenvalue weighted by Gasteiger charge is -2.18. The molecule has 1 amide bonds. The molecule has 1 aromatic carbocycles. The third kappa shape index (κ3) is 5.15. The highest BCUT2D eigenvalue weighted by Crippen LogP contribution is 2.38. The van der Waals surface area contributed by atoms with Crippen molar-refractivity contribution in [1.82, 2.24) is 4.90 Å². The fourth-order valence-electron chi connectivity index (χ4n) is 1.96. The number of aliphatic hydroxyl groups excluding tert-OH is 2. The van der Waals surface area contributed by atoms with E-state index in [1.165, 1.54) is 32.3 Å². The first-order valence-electron chi connectivity index (χ1n) is 6.98. The van der Waals surface area contributed by atoms with Crippen LogP contribution in [0.15, 0.2) is 18.2 Å². The number of benzene rings is 1. The highest BCUT2D eigenvalue weighted by molar-refractivity contribution is 5.91. The van der Waals surface area contributed by atoms with Crippen molar-refractivity contribution in [3.05, 3.63) is 23.8 Å². The van der Waals surface area contributed by atoms with Gasteiger partial charge in [-0.2, -0.15) is 0 Å². The number of nitrogens with zero attached hydrogens (tertiary/aromatic N) is 1. The maximum absolute atomic E-state index is 12.0. The van der Waals surface area contributed by atoms with Gasteiger partial charge in [0.15, 0.2) is 11.5 Å². The van der Waals surface area contributed by atoms with E-state index in [9.17, 15) is 9.90 Å². The molecule has 7 nitrogen and oxygen atoms in total. The van der Waals surface area contributed by atoms with Crippen LogP contribution in [0.1, 0.15) is 5.56 Å². The van der Waals surface area contributed by atoms with Crippen molar-refractivity contribution in [3.8, 4) is 17.2 Å². The van der Waals surface area contributed by atoms with Crippen LogP contribution in [0.25, 0.3) is 6.08 Å². The number of methoxy groups -OCH3 is 3. The smallest absolute Gasteiger partial charge is 0.246 e. The molecule has 1 aromatic rings. The average molecular weight is 325 g/mol. The SMILES string of the molecule is COc1cc(C=CC(=O)N(C)CC(O)CO)cc(OC)c1OC. The fraction of sp³-hybridized carbons (Fsp3) is 0.438. The van der Waals surface area contributed by atoms with E-state index < -0.39 is 12.7 Å². The minimum atomic E-state index is -0.960. The van der Waals surface area contributed by atoms with Crippen molar-refractivity contribution >= 4 is 12.0 Å². The molecule has 128 valence electrons. The highest BCUT2D eigenvalue weighted by atomic mass is 16.5. The summed E-state index contributed by atoms with van der Waals surface area (Å²) in [5.41, 5.74) is 0.698. The first-order valence-corrected chi connectivity index (χ1v) is 6.98. The molecule has 0 spiro atoms. The summed E-state index contributed by atoms with van der Waals surface area (Å²) in [7, 11) is 6.08. The Kier molecular flexibility index (Phi) is 7.37. The molecule has 0 radical (unpaired) electrons. The maximum Gasteiger partial charge on any atom is 0.246 e. The summed E-state index contributed by atoms with van der Waals surface area (Å²) in [4.78, 5) is 13.3. The van der Waals surface area contributed by atoms with Gasteiger partial charge < -0.3 is 29.3 Å². The number of amides is 1. The Morgan fingerprint density at radius 3 is 2.22 bits per heavy atom. The molecular formula is C16H23NO6. The monoisotopic (exact) mass is 325 g/mol. The van der Waals surface area contributed by atoms with Crippen LogP contribution in [0, 0.1) is 0 Å². The molecule has 7 heteroatoms. The van der Waals surface area contributed by atoms with Crippen LogP contribution in [0.2, 0.25) is 0 Å². The predicted octanol–water partition coefficient (Wildman–Crippen LogP) is 0.537. The van der Waals surface area contributed by atoms with Gasteiger partial charge in [0, 0.05) is 19.7 Å². The van der Waals surface area contributed by atoms with E-state index in [0.29, 0.717) is 22.8 Å². The van der Waals surface area contributed by atoms with Gasteiger partial charge in [-0.1, -0.05) is 0 Å². The second-order valence-electron chi connectivity index (χ2n) is 4.85. The van der Waals surface area contributed by atoms with Gasteiger partial charge >= 0.3 is 0 Å². The van der Waals surface area contributed by atoms with Gasteiger partial charge in [0.25, 0.3) is 0 Å². The van der Waals surface area contributed by atoms with Gasteiger partial charge in [-0.15, -0.1) is 0 Å². The maximum atomic E-state index is 12.0. The summed E-state index contributed by atoms with van der Waals surface area (Å²) < 4.78 is 15.7. The van der Waals surface area contributed by atoms with E-state index in [0.717, 1.165) is 0 Å². The zero-order chi connectivity index (χ0) is 17.4. The van der Waals surface area contributed by atoms with Crippen molar-refractivity contribution < 1.29 is 29.2 Å². The van der Waals surface area contributed by atoms with E-state index in [4.69, 9.17) is 19.3 Å². The number of carbonyl (C=O) groups is 1. The third-order valence-corrected chi connectivity index (χ3v) is 3.18. The number of ether oxygens (including phenoxy) is 3. The summed E-state index contributed by atoms with van der Waals surface area (Å²) in [6, 6.07) is 3.43. The summed E-state index contributed by atoms with van der Waals surface area (Å²) in [6.45, 7) is -0.344. The molecule has 0 bridgehead atoms. The molecule has 0 heterocycles. The highest BCUT2D eigenvalue weighted by Gasteiger charge is 2.13. The summed E-state index contributed by atoms with van der Waals surface area (Å²) in [5, 5.41) is 18.1. The fourth-order valence-corrected chi connectivity index (χ4v) is 1.96. The van der Waals surface area contributed by atoms with Crippen LogP contribution in [-0.2, 0) is 4.79 Å². The topological polar surface area (TPSA) is 88.5 Å². The molecule has 0 aliphatic rings. The van der Waals surface area contributed by atoms with Crippen molar-refractivity contribution in [2.75, 3.05) is 41.5 Å². The second kappa shape index (κ2) is 9.02. The van der Waals surface area contributed by atoms with Crippen LogP contribution in [0.3, 0.4) is 0 Å². The van der Waals surface area contributed by atoms with Crippen LogP contribution in [0.4, 0.5) is 0 Å². The third-order valence-electron chi connectivity index (χ3n) is 3.18.